The standard InChI is InChI=1S/C17H30N4/c1-12-14(18)20-16(17(2,3)4)21-15(12)19-11-7-10-13-8-5-6-9-13/h13H,5-11H2,1-4H3,(H3,18,19,20,21). The lowest BCUT2D eigenvalue weighted by Gasteiger charge is -2.20. The first-order chi connectivity index (χ1) is 9.88. The monoisotopic (exact) mass is 290 g/mol. The molecule has 0 radical (unpaired) electrons. The van der Waals surface area contributed by atoms with Crippen LogP contribution in [-0.4, -0.2) is 16.5 Å². The van der Waals surface area contributed by atoms with Crippen LogP contribution in [0.5, 0.6) is 0 Å². The number of rotatable bonds is 5. The highest BCUT2D eigenvalue weighted by atomic mass is 15.1. The minimum atomic E-state index is -0.0813. The van der Waals surface area contributed by atoms with Crippen molar-refractivity contribution in [1.29, 1.82) is 0 Å². The van der Waals surface area contributed by atoms with Crippen LogP contribution in [0.3, 0.4) is 0 Å². The Balaban J connectivity index is 1.93. The Morgan fingerprint density at radius 2 is 1.86 bits per heavy atom. The average Bonchev–Trinajstić information content (AvgIpc) is 2.91. The van der Waals surface area contributed by atoms with Gasteiger partial charge in [-0.15, -0.1) is 0 Å². The molecule has 1 aromatic heterocycles. The van der Waals surface area contributed by atoms with Crippen molar-refractivity contribution in [3.8, 4) is 0 Å². The SMILES string of the molecule is Cc1c(N)nc(C(C)(C)C)nc1NCCCC1CCCC1. The van der Waals surface area contributed by atoms with E-state index in [4.69, 9.17) is 5.73 Å². The zero-order valence-electron chi connectivity index (χ0n) is 14.0. The van der Waals surface area contributed by atoms with Crippen LogP contribution < -0.4 is 11.1 Å². The number of anilines is 2. The molecule has 0 unspecified atom stereocenters. The quantitative estimate of drug-likeness (QED) is 0.803. The normalized spacial score (nSPS) is 16.4. The first-order valence-electron chi connectivity index (χ1n) is 8.26. The van der Waals surface area contributed by atoms with Gasteiger partial charge in [-0.1, -0.05) is 46.5 Å². The molecule has 1 aliphatic carbocycles. The second kappa shape index (κ2) is 6.63. The molecule has 3 N–H and O–H groups in total. The third-order valence-electron chi connectivity index (χ3n) is 4.41. The molecule has 0 amide bonds. The second-order valence-electron chi connectivity index (χ2n) is 7.38. The Labute approximate surface area is 128 Å². The van der Waals surface area contributed by atoms with Gasteiger partial charge >= 0.3 is 0 Å². The summed E-state index contributed by atoms with van der Waals surface area (Å²) in [5, 5.41) is 3.46. The summed E-state index contributed by atoms with van der Waals surface area (Å²) < 4.78 is 0. The van der Waals surface area contributed by atoms with Crippen LogP contribution in [0.2, 0.25) is 0 Å². The van der Waals surface area contributed by atoms with Crippen LogP contribution in [0, 0.1) is 12.8 Å². The van der Waals surface area contributed by atoms with Gasteiger partial charge in [0.25, 0.3) is 0 Å². The van der Waals surface area contributed by atoms with Crippen molar-refractivity contribution >= 4 is 11.6 Å². The number of nitrogens with one attached hydrogen (secondary N) is 1. The maximum atomic E-state index is 6.03. The maximum absolute atomic E-state index is 6.03. The van der Waals surface area contributed by atoms with E-state index in [0.29, 0.717) is 5.82 Å². The molecule has 0 spiro atoms. The highest BCUT2D eigenvalue weighted by Crippen LogP contribution is 2.29. The first-order valence-corrected chi connectivity index (χ1v) is 8.26. The third-order valence-corrected chi connectivity index (χ3v) is 4.41. The molecule has 0 bridgehead atoms. The van der Waals surface area contributed by atoms with E-state index in [1.165, 1.54) is 38.5 Å². The highest BCUT2D eigenvalue weighted by Gasteiger charge is 2.20. The zero-order valence-corrected chi connectivity index (χ0v) is 14.0. The van der Waals surface area contributed by atoms with Gasteiger partial charge in [-0.3, -0.25) is 0 Å². The topological polar surface area (TPSA) is 63.8 Å². The lowest BCUT2D eigenvalue weighted by molar-refractivity contribution is 0.491. The van der Waals surface area contributed by atoms with Gasteiger partial charge in [0.1, 0.15) is 17.5 Å². The molecule has 4 nitrogen and oxygen atoms in total. The molecule has 118 valence electrons. The molecule has 1 aliphatic rings. The van der Waals surface area contributed by atoms with E-state index in [1.54, 1.807) is 0 Å². The average molecular weight is 290 g/mol. The Kier molecular flexibility index (Phi) is 5.07. The Morgan fingerprint density at radius 3 is 2.48 bits per heavy atom. The Bertz CT molecular complexity index is 470. The van der Waals surface area contributed by atoms with Crippen LogP contribution >= 0.6 is 0 Å². The van der Waals surface area contributed by atoms with Gasteiger partial charge < -0.3 is 11.1 Å². The summed E-state index contributed by atoms with van der Waals surface area (Å²) in [7, 11) is 0. The van der Waals surface area contributed by atoms with Crippen LogP contribution in [0.25, 0.3) is 0 Å². The molecule has 0 saturated heterocycles. The zero-order chi connectivity index (χ0) is 15.5. The van der Waals surface area contributed by atoms with Gasteiger partial charge in [-0.2, -0.15) is 0 Å². The number of hydrogen-bond acceptors (Lipinski definition) is 4. The number of hydrogen-bond donors (Lipinski definition) is 2. The summed E-state index contributed by atoms with van der Waals surface area (Å²) in [6.45, 7) is 9.29. The molecule has 1 saturated carbocycles. The summed E-state index contributed by atoms with van der Waals surface area (Å²) in [5.41, 5.74) is 6.91. The van der Waals surface area contributed by atoms with Gasteiger partial charge in [-0.05, 0) is 25.7 Å². The van der Waals surface area contributed by atoms with Crippen LogP contribution in [0.1, 0.15) is 70.7 Å². The van der Waals surface area contributed by atoms with E-state index >= 15 is 0 Å². The molecule has 0 atom stereocenters. The van der Waals surface area contributed by atoms with Crippen molar-refractivity contribution < 1.29 is 0 Å². The molecule has 21 heavy (non-hydrogen) atoms. The summed E-state index contributed by atoms with van der Waals surface area (Å²) >= 11 is 0. The fourth-order valence-electron chi connectivity index (χ4n) is 2.94. The molecular formula is C17H30N4. The lowest BCUT2D eigenvalue weighted by atomic mass is 9.95. The van der Waals surface area contributed by atoms with Crippen molar-refractivity contribution in [1.82, 2.24) is 9.97 Å². The predicted octanol–water partition coefficient (Wildman–Crippen LogP) is 4.05. The van der Waals surface area contributed by atoms with E-state index in [1.807, 2.05) is 6.92 Å². The van der Waals surface area contributed by atoms with Crippen LogP contribution in [-0.2, 0) is 5.41 Å². The van der Waals surface area contributed by atoms with Gasteiger partial charge in [0.15, 0.2) is 0 Å². The van der Waals surface area contributed by atoms with Crippen molar-refractivity contribution in [2.24, 2.45) is 5.92 Å². The van der Waals surface area contributed by atoms with Gasteiger partial charge in [-0.25, -0.2) is 9.97 Å². The van der Waals surface area contributed by atoms with E-state index < -0.39 is 0 Å². The van der Waals surface area contributed by atoms with E-state index in [-0.39, 0.29) is 5.41 Å². The van der Waals surface area contributed by atoms with E-state index in [9.17, 15) is 0 Å². The number of nitrogen functional groups attached to an aromatic ring is 1. The van der Waals surface area contributed by atoms with E-state index in [0.717, 1.165) is 29.7 Å². The number of aromatic nitrogens is 2. The predicted molar refractivity (Wildman–Crippen MR) is 89.6 cm³/mol. The minimum absolute atomic E-state index is 0.0813. The Morgan fingerprint density at radius 1 is 1.19 bits per heavy atom. The first kappa shape index (κ1) is 16.1. The molecular weight excluding hydrogens is 260 g/mol. The van der Waals surface area contributed by atoms with Crippen molar-refractivity contribution in [2.45, 2.75) is 71.6 Å². The van der Waals surface area contributed by atoms with E-state index in [2.05, 4.69) is 36.1 Å². The summed E-state index contributed by atoms with van der Waals surface area (Å²) in [4.78, 5) is 9.09. The van der Waals surface area contributed by atoms with Crippen molar-refractivity contribution in [3.05, 3.63) is 11.4 Å². The molecule has 4 heteroatoms. The van der Waals surface area contributed by atoms with Crippen molar-refractivity contribution in [3.63, 3.8) is 0 Å². The fourth-order valence-corrected chi connectivity index (χ4v) is 2.94. The van der Waals surface area contributed by atoms with Crippen molar-refractivity contribution in [2.75, 3.05) is 17.6 Å². The summed E-state index contributed by atoms with van der Waals surface area (Å²) in [6, 6.07) is 0. The molecule has 0 aromatic carbocycles. The smallest absolute Gasteiger partial charge is 0.138 e. The van der Waals surface area contributed by atoms with Crippen LogP contribution in [0.4, 0.5) is 11.6 Å². The fraction of sp³-hybridized carbons (Fsp3) is 0.765. The number of nitrogens with two attached hydrogens (primary N) is 1. The molecule has 0 aliphatic heterocycles. The minimum Gasteiger partial charge on any atom is -0.383 e. The molecule has 1 aromatic rings. The second-order valence-corrected chi connectivity index (χ2v) is 7.38. The summed E-state index contributed by atoms with van der Waals surface area (Å²) in [5.74, 6) is 3.25. The van der Waals surface area contributed by atoms with Gasteiger partial charge in [0, 0.05) is 17.5 Å². The highest BCUT2D eigenvalue weighted by molar-refractivity contribution is 5.55. The molecule has 1 fully saturated rings. The third kappa shape index (κ3) is 4.32. The van der Waals surface area contributed by atoms with Crippen LogP contribution in [0.15, 0.2) is 0 Å². The molecule has 1 heterocycles. The Hall–Kier alpha value is -1.32. The summed E-state index contributed by atoms with van der Waals surface area (Å²) in [6.07, 6.45) is 8.24. The number of nitrogens with zero attached hydrogens (tertiary/aromatic N) is 2. The van der Waals surface area contributed by atoms with Gasteiger partial charge in [0.05, 0.1) is 0 Å². The molecule has 2 rings (SSSR count). The largest absolute Gasteiger partial charge is 0.383 e. The lowest BCUT2D eigenvalue weighted by Crippen LogP contribution is -2.19. The van der Waals surface area contributed by atoms with Gasteiger partial charge in [0.2, 0.25) is 0 Å². The maximum Gasteiger partial charge on any atom is 0.138 e.